The number of nitrogens with zero attached hydrogens (tertiary/aromatic N) is 2. The average Bonchev–Trinajstić information content (AvgIpc) is 2.56. The Bertz CT molecular complexity index is 634. The molecule has 1 aliphatic rings. The molecule has 6 heteroatoms. The summed E-state index contributed by atoms with van der Waals surface area (Å²) in [5, 5.41) is 3.48. The van der Waals surface area contributed by atoms with Crippen LogP contribution < -0.4 is 5.32 Å². The van der Waals surface area contributed by atoms with Crippen LogP contribution in [0, 0.1) is 0 Å². The van der Waals surface area contributed by atoms with Crippen molar-refractivity contribution in [3.05, 3.63) is 59.2 Å². The predicted octanol–water partition coefficient (Wildman–Crippen LogP) is 3.34. The highest BCUT2D eigenvalue weighted by molar-refractivity contribution is 6.30. The van der Waals surface area contributed by atoms with Crippen LogP contribution in [0.4, 0.5) is 10.6 Å². The van der Waals surface area contributed by atoms with E-state index in [4.69, 9.17) is 16.3 Å². The Morgan fingerprint density at radius 2 is 2.09 bits per heavy atom. The Labute approximate surface area is 133 Å². The Kier molecular flexibility index (Phi) is 4.56. The van der Waals surface area contributed by atoms with Gasteiger partial charge in [0.15, 0.2) is 0 Å². The maximum atomic E-state index is 12.3. The molecule has 2 aromatic rings. The minimum Gasteiger partial charge on any atom is -0.370 e. The van der Waals surface area contributed by atoms with Crippen LogP contribution in [0.5, 0.6) is 0 Å². The van der Waals surface area contributed by atoms with Crippen LogP contribution in [0.2, 0.25) is 5.02 Å². The van der Waals surface area contributed by atoms with Crippen LogP contribution in [-0.2, 0) is 4.74 Å². The molecule has 0 spiro atoms. The summed E-state index contributed by atoms with van der Waals surface area (Å²) in [5.41, 5.74) is 1.01. The molecule has 2 amide bonds. The first-order valence-corrected chi connectivity index (χ1v) is 7.44. The molecule has 1 N–H and O–H groups in total. The second-order valence-electron chi connectivity index (χ2n) is 5.00. The molecule has 3 rings (SSSR count). The second-order valence-corrected chi connectivity index (χ2v) is 5.44. The van der Waals surface area contributed by atoms with Crippen molar-refractivity contribution in [3.63, 3.8) is 0 Å². The highest BCUT2D eigenvalue weighted by atomic mass is 35.5. The first kappa shape index (κ1) is 14.8. The number of anilines is 1. The zero-order valence-corrected chi connectivity index (χ0v) is 12.7. The third-order valence-corrected chi connectivity index (χ3v) is 3.75. The minimum atomic E-state index is -0.166. The summed E-state index contributed by atoms with van der Waals surface area (Å²) >= 11 is 5.90. The number of carbonyl (C=O) groups excluding carboxylic acids is 1. The first-order valence-electron chi connectivity index (χ1n) is 7.06. The van der Waals surface area contributed by atoms with Crippen molar-refractivity contribution in [2.75, 3.05) is 25.0 Å². The van der Waals surface area contributed by atoms with E-state index in [1.54, 1.807) is 23.2 Å². The SMILES string of the molecule is O=C(Nc1ccccn1)N1CCOC(c2ccc(Cl)cc2)C1. The number of hydrogen-bond acceptors (Lipinski definition) is 3. The van der Waals surface area contributed by atoms with E-state index in [1.165, 1.54) is 0 Å². The molecule has 0 saturated carbocycles. The van der Waals surface area contributed by atoms with Crippen molar-refractivity contribution in [2.24, 2.45) is 0 Å². The Morgan fingerprint density at radius 3 is 2.82 bits per heavy atom. The Morgan fingerprint density at radius 1 is 1.27 bits per heavy atom. The van der Waals surface area contributed by atoms with Gasteiger partial charge in [-0.2, -0.15) is 0 Å². The number of halogens is 1. The van der Waals surface area contributed by atoms with E-state index < -0.39 is 0 Å². The molecule has 2 heterocycles. The maximum absolute atomic E-state index is 12.3. The van der Waals surface area contributed by atoms with Gasteiger partial charge in [-0.15, -0.1) is 0 Å². The molecule has 1 unspecified atom stereocenters. The third kappa shape index (κ3) is 3.55. The van der Waals surface area contributed by atoms with Crippen molar-refractivity contribution in [1.82, 2.24) is 9.88 Å². The summed E-state index contributed by atoms with van der Waals surface area (Å²) in [6.07, 6.45) is 1.51. The summed E-state index contributed by atoms with van der Waals surface area (Å²) < 4.78 is 5.75. The van der Waals surface area contributed by atoms with Crippen molar-refractivity contribution in [2.45, 2.75) is 6.10 Å². The van der Waals surface area contributed by atoms with Gasteiger partial charge in [0.25, 0.3) is 0 Å². The molecule has 0 bridgehead atoms. The van der Waals surface area contributed by atoms with Gasteiger partial charge in [0, 0.05) is 17.8 Å². The number of pyridine rings is 1. The quantitative estimate of drug-likeness (QED) is 0.924. The number of morpholine rings is 1. The number of urea groups is 1. The fourth-order valence-electron chi connectivity index (χ4n) is 2.34. The van der Waals surface area contributed by atoms with E-state index in [0.29, 0.717) is 30.5 Å². The predicted molar refractivity (Wildman–Crippen MR) is 85.0 cm³/mol. The highest BCUT2D eigenvalue weighted by Crippen LogP contribution is 2.24. The summed E-state index contributed by atoms with van der Waals surface area (Å²) in [6, 6.07) is 12.7. The molecule has 1 aromatic heterocycles. The molecule has 1 aliphatic heterocycles. The number of carbonyl (C=O) groups is 1. The van der Waals surface area contributed by atoms with Crippen molar-refractivity contribution >= 4 is 23.4 Å². The van der Waals surface area contributed by atoms with Gasteiger partial charge >= 0.3 is 6.03 Å². The molecule has 114 valence electrons. The first-order chi connectivity index (χ1) is 10.7. The lowest BCUT2D eigenvalue weighted by Crippen LogP contribution is -2.44. The zero-order chi connectivity index (χ0) is 15.4. The number of amides is 2. The lowest BCUT2D eigenvalue weighted by molar-refractivity contribution is -0.0135. The minimum absolute atomic E-state index is 0.138. The topological polar surface area (TPSA) is 54.5 Å². The number of aromatic nitrogens is 1. The van der Waals surface area contributed by atoms with Gasteiger partial charge in [0.2, 0.25) is 0 Å². The summed E-state index contributed by atoms with van der Waals surface area (Å²) in [4.78, 5) is 18.1. The Balaban J connectivity index is 1.65. The second kappa shape index (κ2) is 6.77. The van der Waals surface area contributed by atoms with Crippen LogP contribution in [0.15, 0.2) is 48.7 Å². The number of ether oxygens (including phenoxy) is 1. The number of rotatable bonds is 2. The number of hydrogen-bond donors (Lipinski definition) is 1. The standard InChI is InChI=1S/C16H16ClN3O2/c17-13-6-4-12(5-7-13)14-11-20(9-10-22-14)16(21)19-15-3-1-2-8-18-15/h1-8,14H,9-11H2,(H,18,19,21). The summed E-state index contributed by atoms with van der Waals surface area (Å²) in [7, 11) is 0. The largest absolute Gasteiger partial charge is 0.370 e. The van der Waals surface area contributed by atoms with E-state index in [9.17, 15) is 4.79 Å². The summed E-state index contributed by atoms with van der Waals surface area (Å²) in [6.45, 7) is 1.56. The van der Waals surface area contributed by atoms with Gasteiger partial charge in [-0.3, -0.25) is 5.32 Å². The van der Waals surface area contributed by atoms with Gasteiger partial charge < -0.3 is 9.64 Å². The van der Waals surface area contributed by atoms with Gasteiger partial charge in [0.05, 0.1) is 13.2 Å². The van der Waals surface area contributed by atoms with E-state index in [-0.39, 0.29) is 12.1 Å². The maximum Gasteiger partial charge on any atom is 0.323 e. The van der Waals surface area contributed by atoms with E-state index in [0.717, 1.165) is 5.56 Å². The molecule has 0 aliphatic carbocycles. The van der Waals surface area contributed by atoms with E-state index >= 15 is 0 Å². The monoisotopic (exact) mass is 317 g/mol. The molecular weight excluding hydrogens is 302 g/mol. The lowest BCUT2D eigenvalue weighted by Gasteiger charge is -2.33. The van der Waals surface area contributed by atoms with Crippen LogP contribution in [0.3, 0.4) is 0 Å². The molecule has 22 heavy (non-hydrogen) atoms. The average molecular weight is 318 g/mol. The van der Waals surface area contributed by atoms with Gasteiger partial charge in [-0.1, -0.05) is 29.8 Å². The fourth-order valence-corrected chi connectivity index (χ4v) is 2.46. The summed E-state index contributed by atoms with van der Waals surface area (Å²) in [5.74, 6) is 0.544. The lowest BCUT2D eigenvalue weighted by atomic mass is 10.1. The highest BCUT2D eigenvalue weighted by Gasteiger charge is 2.25. The molecule has 0 radical (unpaired) electrons. The fraction of sp³-hybridized carbons (Fsp3) is 0.250. The number of nitrogens with one attached hydrogen (secondary N) is 1. The normalized spacial score (nSPS) is 18.0. The molecule has 5 nitrogen and oxygen atoms in total. The molecule has 1 atom stereocenters. The molecular formula is C16H16ClN3O2. The van der Waals surface area contributed by atoms with Crippen molar-refractivity contribution < 1.29 is 9.53 Å². The van der Waals surface area contributed by atoms with Crippen LogP contribution in [0.1, 0.15) is 11.7 Å². The Hall–Kier alpha value is -2.11. The van der Waals surface area contributed by atoms with Crippen LogP contribution in [-0.4, -0.2) is 35.6 Å². The smallest absolute Gasteiger partial charge is 0.323 e. The van der Waals surface area contributed by atoms with Gasteiger partial charge in [-0.25, -0.2) is 9.78 Å². The van der Waals surface area contributed by atoms with Crippen molar-refractivity contribution in [1.29, 1.82) is 0 Å². The van der Waals surface area contributed by atoms with Crippen LogP contribution in [0.25, 0.3) is 0 Å². The van der Waals surface area contributed by atoms with Crippen molar-refractivity contribution in [3.8, 4) is 0 Å². The molecule has 1 fully saturated rings. The number of benzene rings is 1. The zero-order valence-electron chi connectivity index (χ0n) is 11.9. The van der Waals surface area contributed by atoms with E-state index in [2.05, 4.69) is 10.3 Å². The van der Waals surface area contributed by atoms with Gasteiger partial charge in [0.1, 0.15) is 11.9 Å². The van der Waals surface area contributed by atoms with Crippen LogP contribution >= 0.6 is 11.6 Å². The molecule has 1 aromatic carbocycles. The van der Waals surface area contributed by atoms with Gasteiger partial charge in [-0.05, 0) is 29.8 Å². The molecule has 1 saturated heterocycles. The third-order valence-electron chi connectivity index (χ3n) is 3.50. The van der Waals surface area contributed by atoms with E-state index in [1.807, 2.05) is 30.3 Å².